The van der Waals surface area contributed by atoms with Crippen molar-refractivity contribution in [3.05, 3.63) is 40.2 Å². The fraction of sp³-hybridized carbons (Fsp3) is 0.400. The highest BCUT2D eigenvalue weighted by Gasteiger charge is 2.08. The molecule has 0 bridgehead atoms. The average molecular weight is 294 g/mol. The van der Waals surface area contributed by atoms with Gasteiger partial charge in [-0.1, -0.05) is 11.6 Å². The van der Waals surface area contributed by atoms with Gasteiger partial charge in [-0.2, -0.15) is 5.10 Å². The van der Waals surface area contributed by atoms with Gasteiger partial charge >= 0.3 is 0 Å². The minimum Gasteiger partial charge on any atom is -0.489 e. The second-order valence-corrected chi connectivity index (χ2v) is 5.49. The number of benzene rings is 1. The van der Waals surface area contributed by atoms with E-state index >= 15 is 0 Å². The molecule has 0 saturated heterocycles. The second kappa shape index (κ2) is 6.18. The number of anilines is 1. The SMILES string of the molecule is Cc1n[nH]c(C)c1CNc1ccc(OC(C)C)c(Cl)c1. The molecule has 108 valence electrons. The first-order chi connectivity index (χ1) is 9.47. The van der Waals surface area contributed by atoms with Gasteiger partial charge in [0.1, 0.15) is 5.75 Å². The predicted octanol–water partition coefficient (Wildman–Crippen LogP) is 4.08. The number of aromatic amines is 1. The molecule has 1 heterocycles. The molecule has 0 radical (unpaired) electrons. The summed E-state index contributed by atoms with van der Waals surface area (Å²) in [5, 5.41) is 11.1. The Hall–Kier alpha value is -1.68. The van der Waals surface area contributed by atoms with Gasteiger partial charge < -0.3 is 10.1 Å². The number of rotatable bonds is 5. The molecule has 20 heavy (non-hydrogen) atoms. The van der Waals surface area contributed by atoms with Crippen LogP contribution in [-0.4, -0.2) is 16.3 Å². The summed E-state index contributed by atoms with van der Waals surface area (Å²) >= 11 is 6.21. The number of aryl methyl sites for hydroxylation is 2. The van der Waals surface area contributed by atoms with Crippen molar-refractivity contribution in [1.29, 1.82) is 0 Å². The van der Waals surface area contributed by atoms with Gasteiger partial charge in [0, 0.05) is 23.5 Å². The number of halogens is 1. The topological polar surface area (TPSA) is 49.9 Å². The summed E-state index contributed by atoms with van der Waals surface area (Å²) in [6, 6.07) is 5.73. The summed E-state index contributed by atoms with van der Waals surface area (Å²) < 4.78 is 5.61. The van der Waals surface area contributed by atoms with Crippen LogP contribution in [0, 0.1) is 13.8 Å². The highest BCUT2D eigenvalue weighted by Crippen LogP contribution is 2.28. The molecule has 0 fully saturated rings. The summed E-state index contributed by atoms with van der Waals surface area (Å²) in [5.74, 6) is 0.711. The lowest BCUT2D eigenvalue weighted by Gasteiger charge is -2.13. The van der Waals surface area contributed by atoms with E-state index in [0.717, 1.165) is 23.6 Å². The van der Waals surface area contributed by atoms with E-state index in [2.05, 4.69) is 15.5 Å². The van der Waals surface area contributed by atoms with Crippen LogP contribution in [0.15, 0.2) is 18.2 Å². The quantitative estimate of drug-likeness (QED) is 0.873. The molecule has 0 aliphatic heterocycles. The van der Waals surface area contributed by atoms with Gasteiger partial charge in [0.25, 0.3) is 0 Å². The van der Waals surface area contributed by atoms with Crippen LogP contribution in [0.25, 0.3) is 0 Å². The molecule has 2 aromatic rings. The molecular weight excluding hydrogens is 274 g/mol. The Morgan fingerprint density at radius 3 is 2.65 bits per heavy atom. The first kappa shape index (κ1) is 14.7. The molecule has 4 nitrogen and oxygen atoms in total. The number of H-pyrrole nitrogens is 1. The van der Waals surface area contributed by atoms with Gasteiger partial charge in [-0.05, 0) is 45.9 Å². The Morgan fingerprint density at radius 1 is 1.35 bits per heavy atom. The fourth-order valence-corrected chi connectivity index (χ4v) is 2.21. The van der Waals surface area contributed by atoms with E-state index in [1.807, 2.05) is 45.9 Å². The molecule has 0 saturated carbocycles. The van der Waals surface area contributed by atoms with Crippen LogP contribution in [-0.2, 0) is 6.54 Å². The molecule has 1 aromatic carbocycles. The Balaban J connectivity index is 2.06. The van der Waals surface area contributed by atoms with E-state index in [-0.39, 0.29) is 6.10 Å². The smallest absolute Gasteiger partial charge is 0.138 e. The third kappa shape index (κ3) is 3.45. The average Bonchev–Trinajstić information content (AvgIpc) is 2.69. The molecule has 1 aromatic heterocycles. The highest BCUT2D eigenvalue weighted by molar-refractivity contribution is 6.32. The van der Waals surface area contributed by atoms with Crippen molar-refractivity contribution in [3.63, 3.8) is 0 Å². The molecule has 0 amide bonds. The van der Waals surface area contributed by atoms with Crippen LogP contribution < -0.4 is 10.1 Å². The summed E-state index contributed by atoms with van der Waals surface area (Å²) in [4.78, 5) is 0. The maximum Gasteiger partial charge on any atom is 0.138 e. The second-order valence-electron chi connectivity index (χ2n) is 5.08. The normalized spacial score (nSPS) is 10.9. The van der Waals surface area contributed by atoms with Gasteiger partial charge in [0.15, 0.2) is 0 Å². The Kier molecular flexibility index (Phi) is 4.55. The molecule has 2 rings (SSSR count). The molecule has 0 atom stereocenters. The lowest BCUT2D eigenvalue weighted by Crippen LogP contribution is -2.06. The standard InChI is InChI=1S/C15H20ClN3O/c1-9(2)20-15-6-5-12(7-14(15)16)17-8-13-10(3)18-19-11(13)4/h5-7,9,17H,8H2,1-4H3,(H,18,19). The van der Waals surface area contributed by atoms with Gasteiger partial charge in [-0.3, -0.25) is 5.10 Å². The zero-order valence-corrected chi connectivity index (χ0v) is 13.0. The lowest BCUT2D eigenvalue weighted by atomic mass is 10.2. The fourth-order valence-electron chi connectivity index (χ4n) is 1.99. The first-order valence-corrected chi connectivity index (χ1v) is 7.05. The van der Waals surface area contributed by atoms with Crippen molar-refractivity contribution in [3.8, 4) is 5.75 Å². The zero-order chi connectivity index (χ0) is 14.7. The van der Waals surface area contributed by atoms with Crippen LogP contribution >= 0.6 is 11.6 Å². The summed E-state index contributed by atoms with van der Waals surface area (Å²) in [7, 11) is 0. The largest absolute Gasteiger partial charge is 0.489 e. The molecule has 5 heteroatoms. The van der Waals surface area contributed by atoms with Crippen LogP contribution in [0.5, 0.6) is 5.75 Å². The monoisotopic (exact) mass is 293 g/mol. The zero-order valence-electron chi connectivity index (χ0n) is 12.2. The lowest BCUT2D eigenvalue weighted by molar-refractivity contribution is 0.242. The molecule has 0 spiro atoms. The first-order valence-electron chi connectivity index (χ1n) is 6.68. The number of ether oxygens (including phenoxy) is 1. The third-order valence-electron chi connectivity index (χ3n) is 3.04. The predicted molar refractivity (Wildman–Crippen MR) is 82.6 cm³/mol. The number of nitrogens with one attached hydrogen (secondary N) is 2. The Labute approximate surface area is 124 Å². The van der Waals surface area contributed by atoms with Gasteiger partial charge in [0.2, 0.25) is 0 Å². The number of hydrogen-bond donors (Lipinski definition) is 2. The molecule has 0 aliphatic rings. The van der Waals surface area contributed by atoms with Crippen LogP contribution in [0.3, 0.4) is 0 Å². The van der Waals surface area contributed by atoms with E-state index in [4.69, 9.17) is 16.3 Å². The molecular formula is C15H20ClN3O. The number of hydrogen-bond acceptors (Lipinski definition) is 3. The van der Waals surface area contributed by atoms with E-state index < -0.39 is 0 Å². The van der Waals surface area contributed by atoms with Crippen LogP contribution in [0.2, 0.25) is 5.02 Å². The van der Waals surface area contributed by atoms with Crippen molar-refractivity contribution in [1.82, 2.24) is 10.2 Å². The molecule has 2 N–H and O–H groups in total. The third-order valence-corrected chi connectivity index (χ3v) is 3.34. The van der Waals surface area contributed by atoms with Gasteiger partial charge in [0.05, 0.1) is 16.8 Å². The van der Waals surface area contributed by atoms with Gasteiger partial charge in [-0.15, -0.1) is 0 Å². The maximum absolute atomic E-state index is 6.21. The van der Waals surface area contributed by atoms with E-state index in [1.54, 1.807) is 0 Å². The van der Waals surface area contributed by atoms with Crippen LogP contribution in [0.1, 0.15) is 30.8 Å². The molecule has 0 unspecified atom stereocenters. The molecule has 0 aliphatic carbocycles. The van der Waals surface area contributed by atoms with Crippen molar-refractivity contribution >= 4 is 17.3 Å². The Bertz CT molecular complexity index is 573. The van der Waals surface area contributed by atoms with E-state index in [1.165, 1.54) is 5.56 Å². The van der Waals surface area contributed by atoms with E-state index in [9.17, 15) is 0 Å². The number of nitrogens with zero attached hydrogens (tertiary/aromatic N) is 1. The minimum absolute atomic E-state index is 0.113. The van der Waals surface area contributed by atoms with Gasteiger partial charge in [-0.25, -0.2) is 0 Å². The van der Waals surface area contributed by atoms with Crippen LogP contribution in [0.4, 0.5) is 5.69 Å². The van der Waals surface area contributed by atoms with E-state index in [0.29, 0.717) is 10.8 Å². The Morgan fingerprint density at radius 2 is 2.10 bits per heavy atom. The maximum atomic E-state index is 6.21. The summed E-state index contributed by atoms with van der Waals surface area (Å²) in [6.45, 7) is 8.69. The van der Waals surface area contributed by atoms with Crippen molar-refractivity contribution in [2.45, 2.75) is 40.3 Å². The van der Waals surface area contributed by atoms with Crippen molar-refractivity contribution < 1.29 is 4.74 Å². The van der Waals surface area contributed by atoms with Crippen molar-refractivity contribution in [2.24, 2.45) is 0 Å². The summed E-state index contributed by atoms with van der Waals surface area (Å²) in [6.07, 6.45) is 0.113. The summed E-state index contributed by atoms with van der Waals surface area (Å²) in [5.41, 5.74) is 4.25. The number of aromatic nitrogens is 2. The van der Waals surface area contributed by atoms with Crippen molar-refractivity contribution in [2.75, 3.05) is 5.32 Å². The highest BCUT2D eigenvalue weighted by atomic mass is 35.5. The minimum atomic E-state index is 0.113.